The molecule has 0 spiro atoms. The van der Waals surface area contributed by atoms with Crippen molar-refractivity contribution in [3.05, 3.63) is 65.7 Å². The summed E-state index contributed by atoms with van der Waals surface area (Å²) >= 11 is 0. The highest BCUT2D eigenvalue weighted by atomic mass is 16.6. The summed E-state index contributed by atoms with van der Waals surface area (Å²) in [6, 6.07) is 17.9. The predicted octanol–water partition coefficient (Wildman–Crippen LogP) is 2.37. The third kappa shape index (κ3) is 4.78. The van der Waals surface area contributed by atoms with Crippen molar-refractivity contribution in [2.45, 2.75) is 20.0 Å². The summed E-state index contributed by atoms with van der Waals surface area (Å²) in [6.07, 6.45) is -0.669. The monoisotopic (exact) mass is 366 g/mol. The second-order valence-corrected chi connectivity index (χ2v) is 6.74. The molecule has 2 N–H and O–H groups in total. The number of amidine groups is 1. The summed E-state index contributed by atoms with van der Waals surface area (Å²) < 4.78 is 0. The van der Waals surface area contributed by atoms with Gasteiger partial charge in [-0.3, -0.25) is 4.79 Å². The average Bonchev–Trinajstić information content (AvgIpc) is 2.72. The number of carbonyl (C=O) groups excluding carboxylic acids is 1. The fourth-order valence-electron chi connectivity index (χ4n) is 3.04. The van der Waals surface area contributed by atoms with Crippen molar-refractivity contribution in [1.29, 1.82) is 0 Å². The predicted molar refractivity (Wildman–Crippen MR) is 108 cm³/mol. The fraction of sp³-hybridized carbons (Fsp3) is 0.333. The molecule has 6 heteroatoms. The number of nitrogens with zero attached hydrogens (tertiary/aromatic N) is 3. The van der Waals surface area contributed by atoms with Crippen molar-refractivity contribution in [3.63, 3.8) is 0 Å². The SMILES string of the molecule is Cc1ccc(/C(N)=N/OC(C)C(=O)N2CCN(c3ccccc3)CC2)cc1. The molecule has 0 bridgehead atoms. The van der Waals surface area contributed by atoms with E-state index in [0.717, 1.165) is 24.2 Å². The zero-order chi connectivity index (χ0) is 19.2. The molecule has 142 valence electrons. The lowest BCUT2D eigenvalue weighted by atomic mass is 10.1. The molecular weight excluding hydrogens is 340 g/mol. The van der Waals surface area contributed by atoms with Crippen LogP contribution in [0.4, 0.5) is 5.69 Å². The van der Waals surface area contributed by atoms with Crippen LogP contribution in [0, 0.1) is 6.92 Å². The molecule has 1 aliphatic rings. The standard InChI is InChI=1S/C21H26N4O2/c1-16-8-10-18(11-9-16)20(22)23-27-17(2)21(26)25-14-12-24(13-15-25)19-6-4-3-5-7-19/h3-11,17H,12-15H2,1-2H3,(H2,22,23). The van der Waals surface area contributed by atoms with Crippen molar-refractivity contribution in [2.75, 3.05) is 31.1 Å². The maximum atomic E-state index is 12.6. The van der Waals surface area contributed by atoms with E-state index in [1.807, 2.05) is 54.3 Å². The van der Waals surface area contributed by atoms with Gasteiger partial charge in [0.05, 0.1) is 0 Å². The molecule has 2 aromatic rings. The Balaban J connectivity index is 1.52. The van der Waals surface area contributed by atoms with E-state index in [2.05, 4.69) is 22.2 Å². The second kappa shape index (κ2) is 8.58. The molecular formula is C21H26N4O2. The van der Waals surface area contributed by atoms with Gasteiger partial charge in [0.2, 0.25) is 6.10 Å². The molecule has 1 aliphatic heterocycles. The number of nitrogens with two attached hydrogens (primary N) is 1. The van der Waals surface area contributed by atoms with E-state index in [0.29, 0.717) is 13.1 Å². The maximum absolute atomic E-state index is 12.6. The maximum Gasteiger partial charge on any atom is 0.266 e. The van der Waals surface area contributed by atoms with Crippen molar-refractivity contribution >= 4 is 17.4 Å². The molecule has 1 atom stereocenters. The first kappa shape index (κ1) is 18.8. The smallest absolute Gasteiger partial charge is 0.266 e. The summed E-state index contributed by atoms with van der Waals surface area (Å²) in [5, 5.41) is 3.94. The fourth-order valence-corrected chi connectivity index (χ4v) is 3.04. The van der Waals surface area contributed by atoms with Gasteiger partial charge >= 0.3 is 0 Å². The minimum absolute atomic E-state index is 0.0665. The lowest BCUT2D eigenvalue weighted by Gasteiger charge is -2.36. The summed E-state index contributed by atoms with van der Waals surface area (Å²) in [4.78, 5) is 22.1. The third-order valence-corrected chi connectivity index (χ3v) is 4.72. The van der Waals surface area contributed by atoms with Crippen LogP contribution in [0.1, 0.15) is 18.1 Å². The van der Waals surface area contributed by atoms with E-state index in [4.69, 9.17) is 10.6 Å². The number of para-hydroxylation sites is 1. The van der Waals surface area contributed by atoms with Gasteiger partial charge in [-0.2, -0.15) is 0 Å². The minimum atomic E-state index is -0.669. The van der Waals surface area contributed by atoms with Gasteiger partial charge in [-0.05, 0) is 26.0 Å². The van der Waals surface area contributed by atoms with E-state index in [-0.39, 0.29) is 11.7 Å². The Labute approximate surface area is 160 Å². The van der Waals surface area contributed by atoms with Gasteiger partial charge in [-0.25, -0.2) is 0 Å². The summed E-state index contributed by atoms with van der Waals surface area (Å²) in [6.45, 7) is 6.65. The zero-order valence-corrected chi connectivity index (χ0v) is 15.8. The second-order valence-electron chi connectivity index (χ2n) is 6.74. The lowest BCUT2D eigenvalue weighted by Crippen LogP contribution is -2.51. The lowest BCUT2D eigenvalue weighted by molar-refractivity contribution is -0.142. The Hall–Kier alpha value is -3.02. The molecule has 1 fully saturated rings. The molecule has 2 aromatic carbocycles. The molecule has 27 heavy (non-hydrogen) atoms. The highest BCUT2D eigenvalue weighted by Gasteiger charge is 2.26. The van der Waals surface area contributed by atoms with Gasteiger partial charge in [-0.1, -0.05) is 53.2 Å². The van der Waals surface area contributed by atoms with Crippen molar-refractivity contribution < 1.29 is 9.63 Å². The number of hydrogen-bond acceptors (Lipinski definition) is 4. The molecule has 1 heterocycles. The van der Waals surface area contributed by atoms with Crippen LogP contribution in [0.3, 0.4) is 0 Å². The van der Waals surface area contributed by atoms with Crippen LogP contribution < -0.4 is 10.6 Å². The Morgan fingerprint density at radius 2 is 1.67 bits per heavy atom. The molecule has 3 rings (SSSR count). The first-order valence-corrected chi connectivity index (χ1v) is 9.19. The molecule has 0 aliphatic carbocycles. The first-order chi connectivity index (χ1) is 13.0. The number of rotatable bonds is 5. The van der Waals surface area contributed by atoms with Gasteiger partial charge in [0.25, 0.3) is 5.91 Å². The van der Waals surface area contributed by atoms with E-state index >= 15 is 0 Å². The summed E-state index contributed by atoms with van der Waals surface area (Å²) in [5.41, 5.74) is 9.05. The number of piperazine rings is 1. The largest absolute Gasteiger partial charge is 0.381 e. The molecule has 0 radical (unpaired) electrons. The van der Waals surface area contributed by atoms with Crippen molar-refractivity contribution in [1.82, 2.24) is 4.90 Å². The normalized spacial score (nSPS) is 16.1. The molecule has 1 amide bonds. The third-order valence-electron chi connectivity index (χ3n) is 4.72. The van der Waals surface area contributed by atoms with Crippen LogP contribution in [-0.2, 0) is 9.63 Å². The molecule has 1 saturated heterocycles. The number of hydrogen-bond donors (Lipinski definition) is 1. The summed E-state index contributed by atoms with van der Waals surface area (Å²) in [7, 11) is 0. The van der Waals surface area contributed by atoms with Gasteiger partial charge in [0, 0.05) is 37.4 Å². The Bertz CT molecular complexity index is 782. The first-order valence-electron chi connectivity index (χ1n) is 9.19. The average molecular weight is 366 g/mol. The Morgan fingerprint density at radius 3 is 2.30 bits per heavy atom. The van der Waals surface area contributed by atoms with Crippen LogP contribution >= 0.6 is 0 Å². The Morgan fingerprint density at radius 1 is 1.04 bits per heavy atom. The number of aryl methyl sites for hydroxylation is 1. The Kier molecular flexibility index (Phi) is 5.96. The number of amides is 1. The van der Waals surface area contributed by atoms with Gasteiger partial charge in [0.15, 0.2) is 5.84 Å². The van der Waals surface area contributed by atoms with E-state index in [9.17, 15) is 4.79 Å². The summed E-state index contributed by atoms with van der Waals surface area (Å²) in [5.74, 6) is 0.201. The van der Waals surface area contributed by atoms with Crippen molar-refractivity contribution in [2.24, 2.45) is 10.9 Å². The van der Waals surface area contributed by atoms with Gasteiger partial charge < -0.3 is 20.4 Å². The minimum Gasteiger partial charge on any atom is -0.381 e. The quantitative estimate of drug-likeness (QED) is 0.501. The van der Waals surface area contributed by atoms with Crippen LogP contribution in [0.25, 0.3) is 0 Å². The highest BCUT2D eigenvalue weighted by molar-refractivity contribution is 5.97. The number of oxime groups is 1. The topological polar surface area (TPSA) is 71.2 Å². The molecule has 1 unspecified atom stereocenters. The number of anilines is 1. The van der Waals surface area contributed by atoms with Crippen LogP contribution in [0.2, 0.25) is 0 Å². The number of carbonyl (C=O) groups is 1. The molecule has 0 saturated carbocycles. The zero-order valence-electron chi connectivity index (χ0n) is 15.8. The van der Waals surface area contributed by atoms with Gasteiger partial charge in [-0.15, -0.1) is 0 Å². The van der Waals surface area contributed by atoms with Crippen LogP contribution in [0.5, 0.6) is 0 Å². The van der Waals surface area contributed by atoms with Crippen LogP contribution in [0.15, 0.2) is 59.8 Å². The number of benzene rings is 2. The highest BCUT2D eigenvalue weighted by Crippen LogP contribution is 2.16. The van der Waals surface area contributed by atoms with E-state index < -0.39 is 6.10 Å². The van der Waals surface area contributed by atoms with E-state index in [1.54, 1.807) is 6.92 Å². The molecule has 0 aromatic heterocycles. The molecule has 6 nitrogen and oxygen atoms in total. The van der Waals surface area contributed by atoms with Crippen molar-refractivity contribution in [3.8, 4) is 0 Å². The van der Waals surface area contributed by atoms with Gasteiger partial charge in [0.1, 0.15) is 0 Å². The van der Waals surface area contributed by atoms with E-state index in [1.165, 1.54) is 5.69 Å². The van der Waals surface area contributed by atoms with Crippen LogP contribution in [-0.4, -0.2) is 48.9 Å².